The first-order chi connectivity index (χ1) is 12.7. The van der Waals surface area contributed by atoms with Crippen LogP contribution in [0, 0.1) is 11.3 Å². The van der Waals surface area contributed by atoms with Crippen LogP contribution in [0.3, 0.4) is 0 Å². The number of imidazole rings is 1. The molecule has 7 nitrogen and oxygen atoms in total. The monoisotopic (exact) mass is 351 g/mol. The lowest BCUT2D eigenvalue weighted by Gasteiger charge is -2.40. The van der Waals surface area contributed by atoms with Gasteiger partial charge in [-0.1, -0.05) is 6.92 Å². The van der Waals surface area contributed by atoms with Gasteiger partial charge < -0.3 is 14.8 Å². The molecule has 0 aliphatic carbocycles. The molecule has 0 bridgehead atoms. The van der Waals surface area contributed by atoms with Gasteiger partial charge in [0.1, 0.15) is 5.82 Å². The van der Waals surface area contributed by atoms with Crippen LogP contribution in [0.4, 0.5) is 0 Å². The SMILES string of the molecule is C[C@@H]1CCN(C(=N)N2CCCC2)C[C@@H]1c1ncc2cnc3[nH]ccc3n12. The zero-order valence-corrected chi connectivity index (χ0v) is 15.1. The normalized spacial score (nSPS) is 24.0. The van der Waals surface area contributed by atoms with Crippen LogP contribution in [0.1, 0.15) is 37.9 Å². The quantitative estimate of drug-likeness (QED) is 0.522. The molecule has 3 aromatic rings. The fraction of sp³-hybridized carbons (Fsp3) is 0.526. The summed E-state index contributed by atoms with van der Waals surface area (Å²) < 4.78 is 2.24. The molecular formula is C19H25N7. The highest BCUT2D eigenvalue weighted by Gasteiger charge is 2.33. The molecule has 0 radical (unpaired) electrons. The number of aromatic amines is 1. The Morgan fingerprint density at radius 2 is 1.96 bits per heavy atom. The summed E-state index contributed by atoms with van der Waals surface area (Å²) in [6.45, 7) is 6.20. The highest BCUT2D eigenvalue weighted by Crippen LogP contribution is 2.33. The third-order valence-corrected chi connectivity index (χ3v) is 6.08. The van der Waals surface area contributed by atoms with E-state index < -0.39 is 0 Å². The highest BCUT2D eigenvalue weighted by molar-refractivity contribution is 5.78. The van der Waals surface area contributed by atoms with E-state index in [0.29, 0.717) is 17.8 Å². The third-order valence-electron chi connectivity index (χ3n) is 6.08. The van der Waals surface area contributed by atoms with Crippen molar-refractivity contribution in [2.75, 3.05) is 26.2 Å². The number of likely N-dealkylation sites (tertiary alicyclic amines) is 2. The van der Waals surface area contributed by atoms with Crippen LogP contribution < -0.4 is 0 Å². The van der Waals surface area contributed by atoms with Gasteiger partial charge in [-0.2, -0.15) is 0 Å². The molecule has 7 heteroatoms. The Bertz CT molecular complexity index is 949. The first-order valence-corrected chi connectivity index (χ1v) is 9.60. The molecule has 3 aromatic heterocycles. The lowest BCUT2D eigenvalue weighted by atomic mass is 9.86. The lowest BCUT2D eigenvalue weighted by Crippen LogP contribution is -2.48. The molecule has 2 aliphatic rings. The Morgan fingerprint density at radius 1 is 1.15 bits per heavy atom. The zero-order chi connectivity index (χ0) is 17.7. The Morgan fingerprint density at radius 3 is 2.81 bits per heavy atom. The fourth-order valence-electron chi connectivity index (χ4n) is 4.49. The molecule has 2 fully saturated rings. The second-order valence-corrected chi connectivity index (χ2v) is 7.68. The van der Waals surface area contributed by atoms with Crippen LogP contribution in [0.15, 0.2) is 24.7 Å². The van der Waals surface area contributed by atoms with Crippen LogP contribution in [0.2, 0.25) is 0 Å². The summed E-state index contributed by atoms with van der Waals surface area (Å²) in [5.41, 5.74) is 3.00. The van der Waals surface area contributed by atoms with Crippen molar-refractivity contribution in [1.82, 2.24) is 29.2 Å². The molecule has 26 heavy (non-hydrogen) atoms. The average Bonchev–Trinajstić information content (AvgIpc) is 3.40. The Labute approximate surface area is 152 Å². The van der Waals surface area contributed by atoms with Crippen molar-refractivity contribution >= 4 is 22.6 Å². The van der Waals surface area contributed by atoms with E-state index in [0.717, 1.165) is 55.1 Å². The van der Waals surface area contributed by atoms with E-state index in [1.807, 2.05) is 18.6 Å². The lowest BCUT2D eigenvalue weighted by molar-refractivity contribution is 0.215. The molecule has 0 spiro atoms. The summed E-state index contributed by atoms with van der Waals surface area (Å²) in [7, 11) is 0. The van der Waals surface area contributed by atoms with Gasteiger partial charge in [0.2, 0.25) is 0 Å². The summed E-state index contributed by atoms with van der Waals surface area (Å²) in [5.74, 6) is 2.66. The zero-order valence-electron chi connectivity index (χ0n) is 15.1. The number of rotatable bonds is 1. The Balaban J connectivity index is 1.51. The maximum absolute atomic E-state index is 8.64. The van der Waals surface area contributed by atoms with Crippen LogP contribution in [0.5, 0.6) is 0 Å². The molecule has 5 heterocycles. The molecule has 0 saturated carbocycles. The number of nitrogens with one attached hydrogen (secondary N) is 2. The van der Waals surface area contributed by atoms with Gasteiger partial charge in [-0.05, 0) is 31.2 Å². The first-order valence-electron chi connectivity index (χ1n) is 9.60. The second-order valence-electron chi connectivity index (χ2n) is 7.68. The standard InChI is InChI=1S/C19H25N7/c1-13-5-9-25(19(20)24-7-2-3-8-24)12-15(13)18-23-11-14-10-22-17-16(26(14)18)4-6-21-17/h4,6,10-11,13,15,20-21H,2-3,5,7-9,12H2,1H3/t13-,15+/m1/s1. The first kappa shape index (κ1) is 15.7. The summed E-state index contributed by atoms with van der Waals surface area (Å²) in [4.78, 5) is 16.9. The van der Waals surface area contributed by atoms with Crippen molar-refractivity contribution < 1.29 is 0 Å². The van der Waals surface area contributed by atoms with Crippen molar-refractivity contribution in [2.45, 2.75) is 32.1 Å². The molecule has 0 aromatic carbocycles. The number of hydrogen-bond acceptors (Lipinski definition) is 3. The van der Waals surface area contributed by atoms with Crippen molar-refractivity contribution in [1.29, 1.82) is 5.41 Å². The molecule has 136 valence electrons. The predicted octanol–water partition coefficient (Wildman–Crippen LogP) is 2.67. The third kappa shape index (κ3) is 2.37. The van der Waals surface area contributed by atoms with Gasteiger partial charge in [0, 0.05) is 38.3 Å². The van der Waals surface area contributed by atoms with Gasteiger partial charge in [-0.25, -0.2) is 9.97 Å². The van der Waals surface area contributed by atoms with E-state index in [-0.39, 0.29) is 0 Å². The number of H-pyrrole nitrogens is 1. The van der Waals surface area contributed by atoms with Gasteiger partial charge in [0.05, 0.1) is 23.4 Å². The molecule has 2 saturated heterocycles. The van der Waals surface area contributed by atoms with Gasteiger partial charge in [0.15, 0.2) is 11.6 Å². The van der Waals surface area contributed by atoms with Gasteiger partial charge in [0.25, 0.3) is 0 Å². The topological polar surface area (TPSA) is 76.3 Å². The van der Waals surface area contributed by atoms with Gasteiger partial charge >= 0.3 is 0 Å². The molecular weight excluding hydrogens is 326 g/mol. The number of hydrogen-bond donors (Lipinski definition) is 2. The largest absolute Gasteiger partial charge is 0.345 e. The van der Waals surface area contributed by atoms with Crippen LogP contribution >= 0.6 is 0 Å². The molecule has 2 atom stereocenters. The number of nitrogens with zero attached hydrogens (tertiary/aromatic N) is 5. The van der Waals surface area contributed by atoms with Crippen LogP contribution in [0.25, 0.3) is 16.7 Å². The summed E-state index contributed by atoms with van der Waals surface area (Å²) in [6.07, 6.45) is 9.25. The number of piperidine rings is 1. The molecule has 0 unspecified atom stereocenters. The number of fused-ring (bicyclic) bond motifs is 3. The minimum absolute atomic E-state index is 0.315. The molecule has 2 N–H and O–H groups in total. The van der Waals surface area contributed by atoms with E-state index in [1.54, 1.807) is 0 Å². The van der Waals surface area contributed by atoms with E-state index >= 15 is 0 Å². The fourth-order valence-corrected chi connectivity index (χ4v) is 4.49. The predicted molar refractivity (Wildman–Crippen MR) is 101 cm³/mol. The van der Waals surface area contributed by atoms with E-state index in [1.165, 1.54) is 12.8 Å². The molecule has 5 rings (SSSR count). The number of guanidine groups is 1. The van der Waals surface area contributed by atoms with E-state index in [9.17, 15) is 0 Å². The molecule has 2 aliphatic heterocycles. The summed E-state index contributed by atoms with van der Waals surface area (Å²) >= 11 is 0. The van der Waals surface area contributed by atoms with E-state index in [4.69, 9.17) is 10.4 Å². The minimum atomic E-state index is 0.315. The summed E-state index contributed by atoms with van der Waals surface area (Å²) in [6, 6.07) is 2.07. The average molecular weight is 351 g/mol. The minimum Gasteiger partial charge on any atom is -0.345 e. The van der Waals surface area contributed by atoms with Crippen molar-refractivity contribution in [3.05, 3.63) is 30.5 Å². The van der Waals surface area contributed by atoms with Gasteiger partial charge in [-0.15, -0.1) is 0 Å². The van der Waals surface area contributed by atoms with Gasteiger partial charge in [-0.3, -0.25) is 9.81 Å². The molecule has 0 amide bonds. The number of aromatic nitrogens is 4. The van der Waals surface area contributed by atoms with Crippen molar-refractivity contribution in [3.63, 3.8) is 0 Å². The van der Waals surface area contributed by atoms with E-state index in [2.05, 4.69) is 37.2 Å². The summed E-state index contributed by atoms with van der Waals surface area (Å²) in [5, 5.41) is 8.64. The van der Waals surface area contributed by atoms with Crippen molar-refractivity contribution in [3.8, 4) is 0 Å². The van der Waals surface area contributed by atoms with Crippen LogP contribution in [-0.4, -0.2) is 61.3 Å². The maximum Gasteiger partial charge on any atom is 0.193 e. The van der Waals surface area contributed by atoms with Crippen molar-refractivity contribution in [2.24, 2.45) is 5.92 Å². The Hall–Kier alpha value is -2.57. The Kier molecular flexibility index (Phi) is 3.62. The second kappa shape index (κ2) is 6.00. The maximum atomic E-state index is 8.64. The highest BCUT2D eigenvalue weighted by atomic mass is 15.4. The van der Waals surface area contributed by atoms with Crippen LogP contribution in [-0.2, 0) is 0 Å². The smallest absolute Gasteiger partial charge is 0.193 e.